The molecule has 0 saturated carbocycles. The highest BCUT2D eigenvalue weighted by Crippen LogP contribution is 2.15. The van der Waals surface area contributed by atoms with Crippen molar-refractivity contribution in [2.75, 3.05) is 5.32 Å². The molecule has 3 nitrogen and oxygen atoms in total. The zero-order valence-corrected chi connectivity index (χ0v) is 9.34. The summed E-state index contributed by atoms with van der Waals surface area (Å²) >= 11 is 1.34. The van der Waals surface area contributed by atoms with Crippen LogP contribution in [-0.2, 0) is 0 Å². The summed E-state index contributed by atoms with van der Waals surface area (Å²) in [5.41, 5.74) is 1.13. The molecule has 0 aliphatic carbocycles. The molecule has 1 aromatic carbocycles. The number of rotatable bonds is 2. The number of nitrogens with zero attached hydrogens (tertiary/aromatic N) is 1. The molecule has 0 aliphatic rings. The zero-order valence-electron chi connectivity index (χ0n) is 8.53. The second-order valence-corrected chi connectivity index (χ2v) is 4.12. The van der Waals surface area contributed by atoms with Gasteiger partial charge in [0, 0.05) is 10.9 Å². The molecule has 16 heavy (non-hydrogen) atoms. The van der Waals surface area contributed by atoms with Crippen LogP contribution in [0.4, 0.5) is 9.52 Å². The molecule has 2 aromatic rings. The number of halogens is 1. The Hall–Kier alpha value is -1.75. The topological polar surface area (TPSA) is 42.0 Å². The van der Waals surface area contributed by atoms with E-state index in [-0.39, 0.29) is 11.5 Å². The molecule has 1 heterocycles. The molecule has 82 valence electrons. The Morgan fingerprint density at radius 3 is 2.94 bits per heavy atom. The minimum Gasteiger partial charge on any atom is -0.298 e. The number of hydrogen-bond acceptors (Lipinski definition) is 3. The van der Waals surface area contributed by atoms with Crippen molar-refractivity contribution in [3.63, 3.8) is 0 Å². The zero-order chi connectivity index (χ0) is 11.5. The number of benzene rings is 1. The second kappa shape index (κ2) is 4.40. The maximum atomic E-state index is 12.9. The third-order valence-corrected chi connectivity index (χ3v) is 2.80. The highest BCUT2D eigenvalue weighted by Gasteiger charge is 2.08. The van der Waals surface area contributed by atoms with Crippen LogP contribution in [0.15, 0.2) is 29.6 Å². The monoisotopic (exact) mass is 236 g/mol. The van der Waals surface area contributed by atoms with Gasteiger partial charge in [0.2, 0.25) is 0 Å². The molecule has 2 rings (SSSR count). The van der Waals surface area contributed by atoms with Gasteiger partial charge in [-0.15, -0.1) is 11.3 Å². The van der Waals surface area contributed by atoms with E-state index in [1.807, 2.05) is 12.3 Å². The molecule has 1 amide bonds. The molecule has 0 spiro atoms. The third kappa shape index (κ3) is 2.43. The third-order valence-electron chi connectivity index (χ3n) is 1.93. The molecular weight excluding hydrogens is 227 g/mol. The van der Waals surface area contributed by atoms with Gasteiger partial charge in [0.25, 0.3) is 5.91 Å². The first kappa shape index (κ1) is 10.8. The summed E-state index contributed by atoms with van der Waals surface area (Å²) in [5.74, 6) is -0.781. The highest BCUT2D eigenvalue weighted by atomic mass is 32.1. The molecule has 0 radical (unpaired) electrons. The molecule has 0 unspecified atom stereocenters. The van der Waals surface area contributed by atoms with Gasteiger partial charge in [-0.05, 0) is 25.1 Å². The lowest BCUT2D eigenvalue weighted by Crippen LogP contribution is -2.11. The molecule has 0 fully saturated rings. The van der Waals surface area contributed by atoms with Crippen LogP contribution >= 0.6 is 11.3 Å². The van der Waals surface area contributed by atoms with E-state index in [0.717, 1.165) is 5.69 Å². The Kier molecular flexibility index (Phi) is 2.96. The average Bonchev–Trinajstić information content (AvgIpc) is 2.64. The van der Waals surface area contributed by atoms with Gasteiger partial charge in [0.15, 0.2) is 5.13 Å². The first-order chi connectivity index (χ1) is 7.65. The molecule has 0 bridgehead atoms. The molecule has 1 aromatic heterocycles. The average molecular weight is 236 g/mol. The fourth-order valence-corrected chi connectivity index (χ4v) is 1.89. The van der Waals surface area contributed by atoms with Gasteiger partial charge >= 0.3 is 0 Å². The van der Waals surface area contributed by atoms with Crippen molar-refractivity contribution in [2.24, 2.45) is 0 Å². The first-order valence-electron chi connectivity index (χ1n) is 4.64. The predicted molar refractivity (Wildman–Crippen MR) is 61.2 cm³/mol. The smallest absolute Gasteiger partial charge is 0.257 e. The van der Waals surface area contributed by atoms with E-state index in [4.69, 9.17) is 0 Å². The van der Waals surface area contributed by atoms with Crippen LogP contribution in [-0.4, -0.2) is 10.9 Å². The Bertz CT molecular complexity index is 524. The first-order valence-corrected chi connectivity index (χ1v) is 5.52. The van der Waals surface area contributed by atoms with Crippen LogP contribution in [0.1, 0.15) is 16.1 Å². The van der Waals surface area contributed by atoms with Crippen LogP contribution in [0.3, 0.4) is 0 Å². The molecule has 0 atom stereocenters. The minimum atomic E-state index is -0.428. The number of carbonyl (C=O) groups excluding carboxylic acids is 1. The number of aryl methyl sites for hydroxylation is 1. The lowest BCUT2D eigenvalue weighted by Gasteiger charge is -2.01. The van der Waals surface area contributed by atoms with Crippen molar-refractivity contribution >= 4 is 22.4 Å². The number of amides is 1. The van der Waals surface area contributed by atoms with Gasteiger partial charge in [-0.2, -0.15) is 0 Å². The maximum Gasteiger partial charge on any atom is 0.257 e. The molecule has 1 N–H and O–H groups in total. The lowest BCUT2D eigenvalue weighted by molar-refractivity contribution is 0.102. The summed E-state index contributed by atoms with van der Waals surface area (Å²) in [4.78, 5) is 15.8. The van der Waals surface area contributed by atoms with Crippen LogP contribution in [0.2, 0.25) is 0 Å². The standard InChI is InChI=1S/C11H9FN2OS/c1-7-6-16-11(13-7)14-10(15)8-3-2-4-9(12)5-8/h2-6H,1H3,(H,13,14,15). The maximum absolute atomic E-state index is 12.9. The normalized spacial score (nSPS) is 10.1. The van der Waals surface area contributed by atoms with Crippen molar-refractivity contribution in [1.29, 1.82) is 0 Å². The number of thiazole rings is 1. The Morgan fingerprint density at radius 2 is 2.31 bits per heavy atom. The fraction of sp³-hybridized carbons (Fsp3) is 0.0909. The van der Waals surface area contributed by atoms with Crippen LogP contribution < -0.4 is 5.32 Å². The van der Waals surface area contributed by atoms with Crippen LogP contribution in [0.5, 0.6) is 0 Å². The summed E-state index contributed by atoms with van der Waals surface area (Å²) < 4.78 is 12.9. The van der Waals surface area contributed by atoms with Gasteiger partial charge < -0.3 is 0 Å². The van der Waals surface area contributed by atoms with Crippen molar-refractivity contribution < 1.29 is 9.18 Å². The van der Waals surface area contributed by atoms with E-state index in [1.54, 1.807) is 6.07 Å². The van der Waals surface area contributed by atoms with Gasteiger partial charge in [0.1, 0.15) is 5.82 Å². The van der Waals surface area contributed by atoms with Gasteiger partial charge in [-0.3, -0.25) is 10.1 Å². The van der Waals surface area contributed by atoms with Crippen LogP contribution in [0, 0.1) is 12.7 Å². The molecule has 0 saturated heterocycles. The Balaban J connectivity index is 2.14. The number of aromatic nitrogens is 1. The summed E-state index contributed by atoms with van der Waals surface area (Å²) in [6.45, 7) is 1.84. The summed E-state index contributed by atoms with van der Waals surface area (Å²) in [7, 11) is 0. The van der Waals surface area contributed by atoms with E-state index in [9.17, 15) is 9.18 Å². The van der Waals surface area contributed by atoms with E-state index >= 15 is 0 Å². The largest absolute Gasteiger partial charge is 0.298 e. The molecule has 0 aliphatic heterocycles. The second-order valence-electron chi connectivity index (χ2n) is 3.26. The Morgan fingerprint density at radius 1 is 1.50 bits per heavy atom. The van der Waals surface area contributed by atoms with E-state index in [1.165, 1.54) is 29.5 Å². The number of carbonyl (C=O) groups is 1. The summed E-state index contributed by atoms with van der Waals surface area (Å²) in [6.07, 6.45) is 0. The van der Waals surface area contributed by atoms with Crippen molar-refractivity contribution in [3.05, 3.63) is 46.7 Å². The van der Waals surface area contributed by atoms with E-state index < -0.39 is 5.82 Å². The van der Waals surface area contributed by atoms with Crippen molar-refractivity contribution in [1.82, 2.24) is 4.98 Å². The molecule has 5 heteroatoms. The molecular formula is C11H9FN2OS. The predicted octanol–water partition coefficient (Wildman–Crippen LogP) is 2.84. The number of anilines is 1. The number of hydrogen-bond donors (Lipinski definition) is 1. The number of nitrogens with one attached hydrogen (secondary N) is 1. The summed E-state index contributed by atoms with van der Waals surface area (Å²) in [5, 5.41) is 4.96. The van der Waals surface area contributed by atoms with Gasteiger partial charge in [-0.25, -0.2) is 9.37 Å². The van der Waals surface area contributed by atoms with E-state index in [0.29, 0.717) is 5.13 Å². The fourth-order valence-electron chi connectivity index (χ4n) is 1.21. The Labute approximate surface area is 96.0 Å². The van der Waals surface area contributed by atoms with E-state index in [2.05, 4.69) is 10.3 Å². The van der Waals surface area contributed by atoms with Gasteiger partial charge in [0.05, 0.1) is 5.69 Å². The highest BCUT2D eigenvalue weighted by molar-refractivity contribution is 7.13. The lowest BCUT2D eigenvalue weighted by atomic mass is 10.2. The SMILES string of the molecule is Cc1csc(NC(=O)c2cccc(F)c2)n1. The quantitative estimate of drug-likeness (QED) is 0.871. The minimum absolute atomic E-state index is 0.285. The summed E-state index contributed by atoms with van der Waals surface area (Å²) in [6, 6.07) is 5.54. The van der Waals surface area contributed by atoms with Crippen molar-refractivity contribution in [3.8, 4) is 0 Å². The van der Waals surface area contributed by atoms with Crippen LogP contribution in [0.25, 0.3) is 0 Å². The van der Waals surface area contributed by atoms with Gasteiger partial charge in [-0.1, -0.05) is 6.07 Å². The van der Waals surface area contributed by atoms with Crippen molar-refractivity contribution in [2.45, 2.75) is 6.92 Å².